The molecule has 17 heavy (non-hydrogen) atoms. The van der Waals surface area contributed by atoms with Crippen molar-refractivity contribution in [3.63, 3.8) is 0 Å². The maximum atomic E-state index is 5.12. The molecule has 0 unspecified atom stereocenters. The van der Waals surface area contributed by atoms with Crippen LogP contribution in [0.3, 0.4) is 0 Å². The number of nitrogens with zero attached hydrogens (tertiary/aromatic N) is 2. The third-order valence-electron chi connectivity index (χ3n) is 2.74. The van der Waals surface area contributed by atoms with Crippen LogP contribution in [-0.2, 0) is 13.6 Å². The lowest BCUT2D eigenvalue weighted by Gasteiger charge is -2.08. The van der Waals surface area contributed by atoms with Crippen LogP contribution in [-0.4, -0.2) is 16.9 Å². The first kappa shape index (κ1) is 11.5. The van der Waals surface area contributed by atoms with Gasteiger partial charge in [0.1, 0.15) is 11.6 Å². The molecular weight excluding hydrogens is 214 g/mol. The maximum Gasteiger partial charge on any atom is 0.127 e. The third kappa shape index (κ3) is 2.58. The van der Waals surface area contributed by atoms with Gasteiger partial charge in [-0.1, -0.05) is 12.1 Å². The van der Waals surface area contributed by atoms with Gasteiger partial charge in [-0.15, -0.1) is 0 Å². The SMILES string of the molecule is COc1ccc(CNc2c(C)cnn2C)cc1. The Labute approximate surface area is 101 Å². The van der Waals surface area contributed by atoms with Crippen molar-refractivity contribution in [2.75, 3.05) is 12.4 Å². The Morgan fingerprint density at radius 1 is 1.29 bits per heavy atom. The molecule has 0 saturated carbocycles. The summed E-state index contributed by atoms with van der Waals surface area (Å²) in [4.78, 5) is 0. The Bertz CT molecular complexity index is 468. The molecule has 0 aliphatic rings. The standard InChI is InChI=1S/C13H17N3O/c1-10-8-15-16(2)13(10)14-9-11-4-6-12(17-3)7-5-11/h4-8,14H,9H2,1-3H3. The van der Waals surface area contributed by atoms with Crippen molar-refractivity contribution >= 4 is 5.82 Å². The second kappa shape index (κ2) is 4.91. The van der Waals surface area contributed by atoms with Crippen LogP contribution >= 0.6 is 0 Å². The number of ether oxygens (including phenoxy) is 1. The van der Waals surface area contributed by atoms with Crippen LogP contribution in [0.2, 0.25) is 0 Å². The van der Waals surface area contributed by atoms with E-state index in [1.54, 1.807) is 7.11 Å². The number of aryl methyl sites for hydroxylation is 2. The van der Waals surface area contributed by atoms with E-state index in [4.69, 9.17) is 4.74 Å². The minimum atomic E-state index is 0.782. The van der Waals surface area contributed by atoms with Gasteiger partial charge in [0.15, 0.2) is 0 Å². The minimum absolute atomic E-state index is 0.782. The zero-order valence-corrected chi connectivity index (χ0v) is 10.4. The van der Waals surface area contributed by atoms with E-state index < -0.39 is 0 Å². The van der Waals surface area contributed by atoms with Gasteiger partial charge in [0.25, 0.3) is 0 Å². The lowest BCUT2D eigenvalue weighted by molar-refractivity contribution is 0.414. The molecule has 0 bridgehead atoms. The molecule has 0 radical (unpaired) electrons. The fourth-order valence-electron chi connectivity index (χ4n) is 1.73. The van der Waals surface area contributed by atoms with Gasteiger partial charge < -0.3 is 10.1 Å². The van der Waals surface area contributed by atoms with Crippen molar-refractivity contribution in [3.05, 3.63) is 41.6 Å². The first-order valence-electron chi connectivity index (χ1n) is 5.56. The second-order valence-corrected chi connectivity index (χ2v) is 4.00. The molecular formula is C13H17N3O. The van der Waals surface area contributed by atoms with E-state index in [1.807, 2.05) is 37.0 Å². The Morgan fingerprint density at radius 2 is 2.00 bits per heavy atom. The number of methoxy groups -OCH3 is 1. The van der Waals surface area contributed by atoms with Gasteiger partial charge in [-0.25, -0.2) is 0 Å². The molecule has 0 saturated heterocycles. The van der Waals surface area contributed by atoms with Crippen LogP contribution < -0.4 is 10.1 Å². The molecule has 0 fully saturated rings. The first-order valence-corrected chi connectivity index (χ1v) is 5.56. The van der Waals surface area contributed by atoms with Crippen LogP contribution in [0.5, 0.6) is 5.75 Å². The van der Waals surface area contributed by atoms with Crippen LogP contribution in [0.25, 0.3) is 0 Å². The smallest absolute Gasteiger partial charge is 0.127 e. The fourth-order valence-corrected chi connectivity index (χ4v) is 1.73. The summed E-state index contributed by atoms with van der Waals surface area (Å²) in [5.74, 6) is 1.94. The minimum Gasteiger partial charge on any atom is -0.497 e. The van der Waals surface area contributed by atoms with E-state index in [2.05, 4.69) is 22.5 Å². The van der Waals surface area contributed by atoms with Gasteiger partial charge >= 0.3 is 0 Å². The number of benzene rings is 1. The van der Waals surface area contributed by atoms with Crippen molar-refractivity contribution in [2.45, 2.75) is 13.5 Å². The molecule has 1 aromatic heterocycles. The van der Waals surface area contributed by atoms with Crippen LogP contribution in [0, 0.1) is 6.92 Å². The van der Waals surface area contributed by atoms with Gasteiger partial charge in [0.05, 0.1) is 13.3 Å². The Hall–Kier alpha value is -1.97. The summed E-state index contributed by atoms with van der Waals surface area (Å²) in [6.07, 6.45) is 1.86. The van der Waals surface area contributed by atoms with E-state index in [0.29, 0.717) is 0 Å². The highest BCUT2D eigenvalue weighted by Crippen LogP contribution is 2.15. The average Bonchev–Trinajstić information content (AvgIpc) is 2.67. The highest BCUT2D eigenvalue weighted by atomic mass is 16.5. The molecule has 90 valence electrons. The quantitative estimate of drug-likeness (QED) is 0.878. The lowest BCUT2D eigenvalue weighted by atomic mass is 10.2. The number of nitrogens with one attached hydrogen (secondary N) is 1. The molecule has 4 nitrogen and oxygen atoms in total. The zero-order chi connectivity index (χ0) is 12.3. The number of hydrogen-bond acceptors (Lipinski definition) is 3. The zero-order valence-electron chi connectivity index (χ0n) is 10.4. The number of aromatic nitrogens is 2. The molecule has 2 aromatic rings. The first-order chi connectivity index (χ1) is 8.20. The summed E-state index contributed by atoms with van der Waals surface area (Å²) in [5.41, 5.74) is 2.37. The van der Waals surface area contributed by atoms with Crippen LogP contribution in [0.4, 0.5) is 5.82 Å². The second-order valence-electron chi connectivity index (χ2n) is 4.00. The predicted octanol–water partition coefficient (Wildman–Crippen LogP) is 2.35. The highest BCUT2D eigenvalue weighted by molar-refractivity contribution is 5.43. The molecule has 0 aliphatic heterocycles. The molecule has 2 rings (SSSR count). The normalized spacial score (nSPS) is 10.3. The number of anilines is 1. The Morgan fingerprint density at radius 3 is 2.53 bits per heavy atom. The van der Waals surface area contributed by atoms with Gasteiger partial charge in [0.2, 0.25) is 0 Å². The number of hydrogen-bond donors (Lipinski definition) is 1. The molecule has 0 amide bonds. The molecule has 0 aliphatic carbocycles. The number of rotatable bonds is 4. The van der Waals surface area contributed by atoms with Crippen molar-refractivity contribution in [1.82, 2.24) is 9.78 Å². The Kier molecular flexibility index (Phi) is 3.32. The topological polar surface area (TPSA) is 39.1 Å². The van der Waals surface area contributed by atoms with Crippen molar-refractivity contribution in [3.8, 4) is 5.75 Å². The van der Waals surface area contributed by atoms with Gasteiger partial charge in [0, 0.05) is 19.2 Å². The van der Waals surface area contributed by atoms with Crippen molar-refractivity contribution in [1.29, 1.82) is 0 Å². The van der Waals surface area contributed by atoms with E-state index in [1.165, 1.54) is 5.56 Å². The van der Waals surface area contributed by atoms with Gasteiger partial charge in [-0.3, -0.25) is 4.68 Å². The largest absolute Gasteiger partial charge is 0.497 e. The predicted molar refractivity (Wildman–Crippen MR) is 68.3 cm³/mol. The molecule has 1 aromatic carbocycles. The average molecular weight is 231 g/mol. The van der Waals surface area contributed by atoms with E-state index in [0.717, 1.165) is 23.7 Å². The van der Waals surface area contributed by atoms with Crippen molar-refractivity contribution < 1.29 is 4.74 Å². The fraction of sp³-hybridized carbons (Fsp3) is 0.308. The Balaban J connectivity index is 2.02. The summed E-state index contributed by atoms with van der Waals surface area (Å²) in [6.45, 7) is 2.83. The van der Waals surface area contributed by atoms with Crippen molar-refractivity contribution in [2.24, 2.45) is 7.05 Å². The third-order valence-corrected chi connectivity index (χ3v) is 2.74. The van der Waals surface area contributed by atoms with Crippen LogP contribution in [0.1, 0.15) is 11.1 Å². The lowest BCUT2D eigenvalue weighted by Crippen LogP contribution is -2.05. The van der Waals surface area contributed by atoms with E-state index >= 15 is 0 Å². The molecule has 0 spiro atoms. The van der Waals surface area contributed by atoms with E-state index in [-0.39, 0.29) is 0 Å². The summed E-state index contributed by atoms with van der Waals surface area (Å²) >= 11 is 0. The summed E-state index contributed by atoms with van der Waals surface area (Å²) in [5, 5.41) is 7.56. The molecule has 1 N–H and O–H groups in total. The van der Waals surface area contributed by atoms with Crippen LogP contribution in [0.15, 0.2) is 30.5 Å². The summed E-state index contributed by atoms with van der Waals surface area (Å²) in [6, 6.07) is 8.04. The maximum absolute atomic E-state index is 5.12. The highest BCUT2D eigenvalue weighted by Gasteiger charge is 2.03. The molecule has 4 heteroatoms. The van der Waals surface area contributed by atoms with Gasteiger partial charge in [-0.05, 0) is 24.6 Å². The summed E-state index contributed by atoms with van der Waals surface area (Å²) in [7, 11) is 3.61. The van der Waals surface area contributed by atoms with E-state index in [9.17, 15) is 0 Å². The molecule has 1 heterocycles. The monoisotopic (exact) mass is 231 g/mol. The van der Waals surface area contributed by atoms with Gasteiger partial charge in [-0.2, -0.15) is 5.10 Å². The molecule has 0 atom stereocenters. The summed E-state index contributed by atoms with van der Waals surface area (Å²) < 4.78 is 6.97.